The summed E-state index contributed by atoms with van der Waals surface area (Å²) in [6.45, 7) is 1.19. The third-order valence-corrected chi connectivity index (χ3v) is 4.39. The Hall–Kier alpha value is -2.80. The molecule has 1 aliphatic heterocycles. The Labute approximate surface area is 142 Å². The van der Waals surface area contributed by atoms with Crippen molar-refractivity contribution in [1.29, 1.82) is 0 Å². The Bertz CT molecular complexity index is 871. The lowest BCUT2D eigenvalue weighted by Crippen LogP contribution is -2.55. The Morgan fingerprint density at radius 3 is 2.56 bits per heavy atom. The number of halogens is 2. The molecule has 0 bridgehead atoms. The van der Waals surface area contributed by atoms with Crippen molar-refractivity contribution < 1.29 is 23.5 Å². The fourth-order valence-corrected chi connectivity index (χ4v) is 3.28. The van der Waals surface area contributed by atoms with Crippen molar-refractivity contribution in [2.24, 2.45) is 0 Å². The fraction of sp³-hybridized carbons (Fsp3) is 0.222. The summed E-state index contributed by atoms with van der Waals surface area (Å²) in [5, 5.41) is 13.4. The zero-order valence-corrected chi connectivity index (χ0v) is 13.6. The molecule has 7 heteroatoms. The average Bonchev–Trinajstić information content (AvgIpc) is 2.79. The highest BCUT2D eigenvalue weighted by molar-refractivity contribution is 6.09. The number of rotatable bonds is 3. The molecule has 2 aromatic carbocycles. The number of aliphatic hydroxyl groups is 1. The molecule has 2 aromatic rings. The third-order valence-electron chi connectivity index (χ3n) is 4.39. The molecule has 0 aromatic heterocycles. The van der Waals surface area contributed by atoms with E-state index in [4.69, 9.17) is 0 Å². The molecule has 2 N–H and O–H groups in total. The smallest absolute Gasteiger partial charge is 0.260 e. The van der Waals surface area contributed by atoms with E-state index in [1.54, 1.807) is 24.3 Å². The highest BCUT2D eigenvalue weighted by Crippen LogP contribution is 2.47. The van der Waals surface area contributed by atoms with Gasteiger partial charge in [0.2, 0.25) is 5.91 Å². The number of hydrogen-bond donors (Lipinski definition) is 2. The second kappa shape index (κ2) is 5.93. The van der Waals surface area contributed by atoms with Gasteiger partial charge in [-0.2, -0.15) is 0 Å². The summed E-state index contributed by atoms with van der Waals surface area (Å²) < 4.78 is 27.9. The van der Waals surface area contributed by atoms with Crippen LogP contribution in [0.25, 0.3) is 0 Å². The number of carbonyl (C=O) groups is 2. The maximum absolute atomic E-state index is 14.2. The van der Waals surface area contributed by atoms with Crippen molar-refractivity contribution >= 4 is 17.5 Å². The molecular weight excluding hydrogens is 330 g/mol. The summed E-state index contributed by atoms with van der Waals surface area (Å²) >= 11 is 0. The molecule has 130 valence electrons. The Kier molecular flexibility index (Phi) is 4.04. The van der Waals surface area contributed by atoms with Crippen LogP contribution in [0.3, 0.4) is 0 Å². The van der Waals surface area contributed by atoms with Gasteiger partial charge in [-0.05, 0) is 12.1 Å². The molecule has 0 unspecified atom stereocenters. The Morgan fingerprint density at radius 2 is 1.88 bits per heavy atom. The van der Waals surface area contributed by atoms with Crippen LogP contribution in [0.2, 0.25) is 0 Å². The van der Waals surface area contributed by atoms with Gasteiger partial charge in [0.15, 0.2) is 17.2 Å². The maximum Gasteiger partial charge on any atom is 0.260 e. The van der Waals surface area contributed by atoms with Crippen molar-refractivity contribution in [3.05, 3.63) is 65.2 Å². The van der Waals surface area contributed by atoms with E-state index in [2.05, 4.69) is 5.32 Å². The second-order valence-electron chi connectivity index (χ2n) is 5.92. The minimum Gasteiger partial charge on any atom is -0.385 e. The van der Waals surface area contributed by atoms with E-state index in [1.807, 2.05) is 0 Å². The van der Waals surface area contributed by atoms with E-state index in [0.29, 0.717) is 11.3 Å². The van der Waals surface area contributed by atoms with Crippen LogP contribution in [-0.2, 0) is 15.1 Å². The number of hydrogen-bond acceptors (Lipinski definition) is 3. The normalized spacial score (nSPS) is 20.4. The number of nitrogens with one attached hydrogen (secondary N) is 1. The average molecular weight is 346 g/mol. The lowest BCUT2D eigenvalue weighted by atomic mass is 9.81. The first-order chi connectivity index (χ1) is 11.8. The molecule has 2 amide bonds. The minimum atomic E-state index is -1.94. The topological polar surface area (TPSA) is 69.6 Å². The summed E-state index contributed by atoms with van der Waals surface area (Å²) in [4.78, 5) is 26.0. The molecular formula is C18H16F2N2O3. The van der Waals surface area contributed by atoms with Gasteiger partial charge in [-0.3, -0.25) is 9.59 Å². The van der Waals surface area contributed by atoms with Gasteiger partial charge in [-0.15, -0.1) is 0 Å². The van der Waals surface area contributed by atoms with Gasteiger partial charge in [0.25, 0.3) is 5.91 Å². The van der Waals surface area contributed by atoms with Crippen LogP contribution in [0.4, 0.5) is 14.5 Å². The van der Waals surface area contributed by atoms with E-state index < -0.39 is 40.7 Å². The van der Waals surface area contributed by atoms with E-state index in [-0.39, 0.29) is 0 Å². The van der Waals surface area contributed by atoms with Gasteiger partial charge >= 0.3 is 0 Å². The maximum atomic E-state index is 14.2. The van der Waals surface area contributed by atoms with Crippen molar-refractivity contribution in [3.63, 3.8) is 0 Å². The van der Waals surface area contributed by atoms with Crippen LogP contribution in [0.5, 0.6) is 0 Å². The first kappa shape index (κ1) is 17.0. The van der Waals surface area contributed by atoms with Crippen molar-refractivity contribution in [3.8, 4) is 0 Å². The van der Waals surface area contributed by atoms with Gasteiger partial charge < -0.3 is 15.3 Å². The predicted octanol–water partition coefficient (Wildman–Crippen LogP) is 2.01. The number of fused-ring (bicyclic) bond motifs is 1. The number of aliphatic hydroxyl groups excluding tert-OH is 1. The zero-order chi connectivity index (χ0) is 18.4. The first-order valence-corrected chi connectivity index (χ1v) is 7.59. The molecule has 1 heterocycles. The summed E-state index contributed by atoms with van der Waals surface area (Å²) in [6.07, 6.45) is -1.81. The predicted molar refractivity (Wildman–Crippen MR) is 86.7 cm³/mol. The molecule has 1 aliphatic rings. The van der Waals surface area contributed by atoms with Crippen LogP contribution in [0.1, 0.15) is 24.2 Å². The second-order valence-corrected chi connectivity index (χ2v) is 5.92. The highest BCUT2D eigenvalue weighted by Gasteiger charge is 2.56. The quantitative estimate of drug-likeness (QED) is 0.893. The molecule has 0 saturated carbocycles. The molecule has 0 fully saturated rings. The minimum absolute atomic E-state index is 0.314. The van der Waals surface area contributed by atoms with Crippen LogP contribution in [0.15, 0.2) is 42.5 Å². The number of anilines is 1. The van der Waals surface area contributed by atoms with Gasteiger partial charge in [0.05, 0.1) is 0 Å². The zero-order valence-electron chi connectivity index (χ0n) is 13.6. The number of para-hydroxylation sites is 1. The highest BCUT2D eigenvalue weighted by atomic mass is 19.2. The number of amides is 2. The molecule has 25 heavy (non-hydrogen) atoms. The summed E-state index contributed by atoms with van der Waals surface area (Å²) in [5.74, 6) is -3.64. The van der Waals surface area contributed by atoms with Gasteiger partial charge in [0.1, 0.15) is 6.10 Å². The molecule has 0 aliphatic carbocycles. The largest absolute Gasteiger partial charge is 0.385 e. The SMILES string of the molecule is CC(=O)N[C@@]1([C@H](O)c2cccc(F)c2F)C(=O)N(C)c2ccccc21. The van der Waals surface area contributed by atoms with Crippen LogP contribution < -0.4 is 10.2 Å². The van der Waals surface area contributed by atoms with Crippen LogP contribution in [0, 0.1) is 11.6 Å². The third kappa shape index (κ3) is 2.39. The monoisotopic (exact) mass is 346 g/mol. The lowest BCUT2D eigenvalue weighted by molar-refractivity contribution is -0.135. The van der Waals surface area contributed by atoms with Crippen molar-refractivity contribution in [2.45, 2.75) is 18.6 Å². The van der Waals surface area contributed by atoms with Crippen LogP contribution in [-0.4, -0.2) is 24.0 Å². The van der Waals surface area contributed by atoms with E-state index in [9.17, 15) is 23.5 Å². The van der Waals surface area contributed by atoms with Crippen molar-refractivity contribution in [1.82, 2.24) is 5.32 Å². The fourth-order valence-electron chi connectivity index (χ4n) is 3.28. The molecule has 5 nitrogen and oxygen atoms in total. The standard InChI is InChI=1S/C18H16F2N2O3/c1-10(23)21-18(16(24)11-6-5-8-13(19)15(11)20)12-7-3-4-9-14(12)22(2)17(18)25/h3-9,16,24H,1-2H3,(H,21,23)/t16-,18+/m1/s1. The first-order valence-electron chi connectivity index (χ1n) is 7.59. The van der Waals surface area contributed by atoms with Gasteiger partial charge in [0, 0.05) is 30.8 Å². The van der Waals surface area contributed by atoms with Gasteiger partial charge in [-0.25, -0.2) is 8.78 Å². The van der Waals surface area contributed by atoms with Gasteiger partial charge in [-0.1, -0.05) is 30.3 Å². The number of benzene rings is 2. The number of likely N-dealkylation sites (N-methyl/N-ethyl adjacent to an activating group) is 1. The number of carbonyl (C=O) groups excluding carboxylic acids is 2. The molecule has 2 atom stereocenters. The number of nitrogens with zero attached hydrogens (tertiary/aromatic N) is 1. The Balaban J connectivity index is 2.27. The lowest BCUT2D eigenvalue weighted by Gasteiger charge is -2.34. The molecule has 3 rings (SSSR count). The van der Waals surface area contributed by atoms with E-state index >= 15 is 0 Å². The summed E-state index contributed by atoms with van der Waals surface area (Å²) in [6, 6.07) is 9.86. The summed E-state index contributed by atoms with van der Waals surface area (Å²) in [7, 11) is 1.49. The van der Waals surface area contributed by atoms with Crippen molar-refractivity contribution in [2.75, 3.05) is 11.9 Å². The van der Waals surface area contributed by atoms with Crippen LogP contribution >= 0.6 is 0 Å². The molecule has 0 saturated heterocycles. The summed E-state index contributed by atoms with van der Waals surface area (Å²) in [5.41, 5.74) is -1.57. The van der Waals surface area contributed by atoms with E-state index in [1.165, 1.54) is 31.0 Å². The van der Waals surface area contributed by atoms with E-state index in [0.717, 1.165) is 6.07 Å². The molecule has 0 radical (unpaired) electrons. The Morgan fingerprint density at radius 1 is 1.20 bits per heavy atom. The molecule has 0 spiro atoms.